The van der Waals surface area contributed by atoms with Crippen LogP contribution in [0, 0.1) is 11.8 Å². The predicted octanol–water partition coefficient (Wildman–Crippen LogP) is 2.30. The molecular formula is C11H16O2. The molecule has 2 rings (SSSR count). The first-order valence-electron chi connectivity index (χ1n) is 5.15. The molecule has 0 aromatic carbocycles. The van der Waals surface area contributed by atoms with Gasteiger partial charge >= 0.3 is 5.97 Å². The van der Waals surface area contributed by atoms with Gasteiger partial charge in [-0.2, -0.15) is 0 Å². The van der Waals surface area contributed by atoms with Gasteiger partial charge in [-0.15, -0.1) is 0 Å². The number of fused-ring (bicyclic) bond motifs is 1. The lowest BCUT2D eigenvalue weighted by Gasteiger charge is -2.28. The van der Waals surface area contributed by atoms with E-state index in [9.17, 15) is 4.79 Å². The third kappa shape index (κ3) is 1.77. The van der Waals surface area contributed by atoms with Crippen LogP contribution in [-0.4, -0.2) is 12.6 Å². The molecule has 0 spiro atoms. The SMILES string of the molecule is CCOC(=O)C=C1C[C@@H]2CC[C@H]2C1. The fourth-order valence-corrected chi connectivity index (χ4v) is 2.40. The largest absolute Gasteiger partial charge is 0.463 e. The van der Waals surface area contributed by atoms with Gasteiger partial charge in [0, 0.05) is 6.08 Å². The van der Waals surface area contributed by atoms with Crippen molar-refractivity contribution in [3.8, 4) is 0 Å². The first-order valence-corrected chi connectivity index (χ1v) is 5.15. The maximum atomic E-state index is 11.1. The van der Waals surface area contributed by atoms with Crippen LogP contribution in [0.5, 0.6) is 0 Å². The highest BCUT2D eigenvalue weighted by Gasteiger charge is 2.37. The fourth-order valence-electron chi connectivity index (χ4n) is 2.40. The maximum Gasteiger partial charge on any atom is 0.330 e. The van der Waals surface area contributed by atoms with Gasteiger partial charge in [0.25, 0.3) is 0 Å². The van der Waals surface area contributed by atoms with Gasteiger partial charge in [-0.25, -0.2) is 4.79 Å². The summed E-state index contributed by atoms with van der Waals surface area (Å²) in [5.74, 6) is 1.63. The first kappa shape index (κ1) is 8.79. The van der Waals surface area contributed by atoms with Gasteiger partial charge in [-0.3, -0.25) is 0 Å². The number of carbonyl (C=O) groups excluding carboxylic acids is 1. The summed E-state index contributed by atoms with van der Waals surface area (Å²) in [5, 5.41) is 0. The van der Waals surface area contributed by atoms with Crippen LogP contribution < -0.4 is 0 Å². The smallest absolute Gasteiger partial charge is 0.330 e. The van der Waals surface area contributed by atoms with Crippen molar-refractivity contribution < 1.29 is 9.53 Å². The Morgan fingerprint density at radius 1 is 1.46 bits per heavy atom. The lowest BCUT2D eigenvalue weighted by molar-refractivity contribution is -0.137. The van der Waals surface area contributed by atoms with E-state index in [0.717, 1.165) is 24.7 Å². The van der Waals surface area contributed by atoms with Crippen LogP contribution in [0.1, 0.15) is 32.6 Å². The minimum absolute atomic E-state index is 0.154. The standard InChI is InChI=1S/C11H16O2/c1-2-13-11(12)7-8-5-9-3-4-10(9)6-8/h7,9-10H,2-6H2,1H3/t9-,10-/m0/s1. The van der Waals surface area contributed by atoms with E-state index >= 15 is 0 Å². The van der Waals surface area contributed by atoms with Crippen molar-refractivity contribution in [2.75, 3.05) is 6.61 Å². The number of ether oxygens (including phenoxy) is 1. The molecule has 13 heavy (non-hydrogen) atoms. The van der Waals surface area contributed by atoms with Crippen molar-refractivity contribution in [3.05, 3.63) is 11.6 Å². The van der Waals surface area contributed by atoms with E-state index in [-0.39, 0.29) is 5.97 Å². The monoisotopic (exact) mass is 180 g/mol. The Kier molecular flexibility index (Phi) is 2.38. The Morgan fingerprint density at radius 3 is 2.54 bits per heavy atom. The Balaban J connectivity index is 1.90. The van der Waals surface area contributed by atoms with Gasteiger partial charge < -0.3 is 4.74 Å². The van der Waals surface area contributed by atoms with Crippen molar-refractivity contribution >= 4 is 5.97 Å². The quantitative estimate of drug-likeness (QED) is 0.481. The zero-order valence-corrected chi connectivity index (χ0v) is 8.08. The number of esters is 1. The summed E-state index contributed by atoms with van der Waals surface area (Å²) in [6.45, 7) is 2.32. The molecule has 0 aromatic rings. The Hall–Kier alpha value is -0.790. The molecule has 0 N–H and O–H groups in total. The van der Waals surface area contributed by atoms with E-state index in [1.54, 1.807) is 6.08 Å². The average molecular weight is 180 g/mol. The average Bonchev–Trinajstić information content (AvgIpc) is 2.31. The molecule has 0 saturated heterocycles. The summed E-state index contributed by atoms with van der Waals surface area (Å²) in [5.41, 5.74) is 1.31. The van der Waals surface area contributed by atoms with Gasteiger partial charge in [0.05, 0.1) is 6.61 Å². The van der Waals surface area contributed by atoms with Crippen molar-refractivity contribution in [1.29, 1.82) is 0 Å². The number of hydrogen-bond acceptors (Lipinski definition) is 2. The third-order valence-corrected chi connectivity index (χ3v) is 3.23. The van der Waals surface area contributed by atoms with Crippen LogP contribution in [0.3, 0.4) is 0 Å². The lowest BCUT2D eigenvalue weighted by atomic mass is 9.77. The predicted molar refractivity (Wildman–Crippen MR) is 50.2 cm³/mol. The van der Waals surface area contributed by atoms with Crippen molar-refractivity contribution in [3.63, 3.8) is 0 Å². The van der Waals surface area contributed by atoms with Crippen LogP contribution in [0.2, 0.25) is 0 Å². The summed E-state index contributed by atoms with van der Waals surface area (Å²) in [6, 6.07) is 0. The maximum absolute atomic E-state index is 11.1. The van der Waals surface area contributed by atoms with Crippen molar-refractivity contribution in [2.24, 2.45) is 11.8 Å². The summed E-state index contributed by atoms with van der Waals surface area (Å²) in [4.78, 5) is 11.1. The highest BCUT2D eigenvalue weighted by molar-refractivity contribution is 5.82. The van der Waals surface area contributed by atoms with Crippen LogP contribution in [-0.2, 0) is 9.53 Å². The molecule has 2 fully saturated rings. The lowest BCUT2D eigenvalue weighted by Crippen LogP contribution is -2.18. The molecule has 0 amide bonds. The Bertz CT molecular complexity index is 228. The number of allylic oxidation sites excluding steroid dienone is 1. The molecule has 0 radical (unpaired) electrons. The molecule has 2 nitrogen and oxygen atoms in total. The third-order valence-electron chi connectivity index (χ3n) is 3.23. The second kappa shape index (κ2) is 3.52. The minimum Gasteiger partial charge on any atom is -0.463 e. The highest BCUT2D eigenvalue weighted by Crippen LogP contribution is 2.49. The topological polar surface area (TPSA) is 26.3 Å². The first-order chi connectivity index (χ1) is 6.29. The highest BCUT2D eigenvalue weighted by atomic mass is 16.5. The van der Waals surface area contributed by atoms with E-state index < -0.39 is 0 Å². The van der Waals surface area contributed by atoms with Crippen molar-refractivity contribution in [1.82, 2.24) is 0 Å². The fraction of sp³-hybridized carbons (Fsp3) is 0.727. The van der Waals surface area contributed by atoms with E-state index in [1.165, 1.54) is 18.4 Å². The van der Waals surface area contributed by atoms with E-state index in [1.807, 2.05) is 6.92 Å². The molecule has 2 aliphatic rings. The summed E-state index contributed by atoms with van der Waals surface area (Å²) in [7, 11) is 0. The van der Waals surface area contributed by atoms with Gasteiger partial charge in [0.15, 0.2) is 0 Å². The van der Waals surface area contributed by atoms with E-state index in [2.05, 4.69) is 0 Å². The number of hydrogen-bond donors (Lipinski definition) is 0. The second-order valence-electron chi connectivity index (χ2n) is 4.06. The normalized spacial score (nSPS) is 30.7. The molecular weight excluding hydrogens is 164 g/mol. The number of rotatable bonds is 2. The molecule has 0 heterocycles. The Labute approximate surface area is 79.0 Å². The van der Waals surface area contributed by atoms with Crippen molar-refractivity contribution in [2.45, 2.75) is 32.6 Å². The number of carbonyl (C=O) groups is 1. The van der Waals surface area contributed by atoms with Crippen LogP contribution in [0.25, 0.3) is 0 Å². The second-order valence-corrected chi connectivity index (χ2v) is 4.06. The van der Waals surface area contributed by atoms with Gasteiger partial charge in [-0.1, -0.05) is 5.57 Å². The molecule has 0 bridgehead atoms. The zero-order chi connectivity index (χ0) is 9.26. The van der Waals surface area contributed by atoms with E-state index in [4.69, 9.17) is 4.74 Å². The molecule has 2 heteroatoms. The van der Waals surface area contributed by atoms with Crippen LogP contribution >= 0.6 is 0 Å². The molecule has 0 unspecified atom stereocenters. The van der Waals surface area contributed by atoms with E-state index in [0.29, 0.717) is 6.61 Å². The summed E-state index contributed by atoms with van der Waals surface area (Å²) in [6.07, 6.45) is 6.73. The van der Waals surface area contributed by atoms with Crippen LogP contribution in [0.15, 0.2) is 11.6 Å². The molecule has 0 aliphatic heterocycles. The molecule has 72 valence electrons. The molecule has 0 aromatic heterocycles. The minimum atomic E-state index is -0.154. The Morgan fingerprint density at radius 2 is 2.08 bits per heavy atom. The van der Waals surface area contributed by atoms with Crippen LogP contribution in [0.4, 0.5) is 0 Å². The summed E-state index contributed by atoms with van der Waals surface area (Å²) >= 11 is 0. The van der Waals surface area contributed by atoms with Gasteiger partial charge in [0.1, 0.15) is 0 Å². The van der Waals surface area contributed by atoms with Gasteiger partial charge in [0.2, 0.25) is 0 Å². The molecule has 2 saturated carbocycles. The molecule has 2 aliphatic carbocycles. The zero-order valence-electron chi connectivity index (χ0n) is 8.08. The summed E-state index contributed by atoms with van der Waals surface area (Å²) < 4.78 is 4.88. The molecule has 2 atom stereocenters. The van der Waals surface area contributed by atoms with Gasteiger partial charge in [-0.05, 0) is 44.4 Å².